The van der Waals surface area contributed by atoms with Gasteiger partial charge in [-0.05, 0) is 77.4 Å². The highest BCUT2D eigenvalue weighted by molar-refractivity contribution is 7.98. The first kappa shape index (κ1) is 25.6. The molecule has 0 atom stereocenters. The Hall–Kier alpha value is -2.52. The first-order chi connectivity index (χ1) is 16.4. The van der Waals surface area contributed by atoms with Gasteiger partial charge in [-0.2, -0.15) is 0 Å². The second-order valence-electron chi connectivity index (χ2n) is 8.77. The van der Waals surface area contributed by atoms with Crippen molar-refractivity contribution in [3.63, 3.8) is 0 Å². The van der Waals surface area contributed by atoms with E-state index in [1.54, 1.807) is 42.1 Å². The Morgan fingerprint density at radius 1 is 0.943 bits per heavy atom. The average Bonchev–Trinajstić information content (AvgIpc) is 3.21. The lowest BCUT2D eigenvalue weighted by Gasteiger charge is -2.27. The average molecular weight is 545 g/mol. The summed E-state index contributed by atoms with van der Waals surface area (Å²) in [6, 6.07) is 21.0. The van der Waals surface area contributed by atoms with Crippen LogP contribution in [-0.4, -0.2) is 26.8 Å². The lowest BCUT2D eigenvalue weighted by Crippen LogP contribution is -2.19. The lowest BCUT2D eigenvalue weighted by molar-refractivity contribution is 0.103. The van der Waals surface area contributed by atoms with Gasteiger partial charge in [0.15, 0.2) is 0 Å². The van der Waals surface area contributed by atoms with Crippen molar-refractivity contribution in [1.82, 2.24) is 0 Å². The molecule has 3 aromatic carbocycles. The van der Waals surface area contributed by atoms with Crippen molar-refractivity contribution < 1.29 is 13.2 Å². The summed E-state index contributed by atoms with van der Waals surface area (Å²) >= 11 is 9.49. The van der Waals surface area contributed by atoms with E-state index in [9.17, 15) is 13.2 Å². The minimum Gasteiger partial charge on any atom is -0.321 e. The SMILES string of the molecule is CSc1ccc(C(C)(C)c2cc(Cl)cc(NC(=O)c3cc4cc(NS(C)(=O)=O)ccc4s3)c2)cc1. The number of thioether (sulfide) groups is 1. The van der Waals surface area contributed by atoms with Crippen LogP contribution in [0.2, 0.25) is 5.02 Å². The van der Waals surface area contributed by atoms with Crippen molar-refractivity contribution in [1.29, 1.82) is 0 Å². The predicted octanol–water partition coefficient (Wildman–Crippen LogP) is 7.23. The summed E-state index contributed by atoms with van der Waals surface area (Å²) in [4.78, 5) is 14.8. The molecule has 4 aromatic rings. The van der Waals surface area contributed by atoms with Gasteiger partial charge in [0, 0.05) is 31.4 Å². The van der Waals surface area contributed by atoms with Crippen LogP contribution in [0, 0.1) is 0 Å². The molecule has 0 unspecified atom stereocenters. The number of hydrogen-bond donors (Lipinski definition) is 2. The maximum atomic E-state index is 13.1. The molecule has 0 aliphatic rings. The molecule has 5 nitrogen and oxygen atoms in total. The summed E-state index contributed by atoms with van der Waals surface area (Å²) < 4.78 is 26.4. The first-order valence-corrected chi connectivity index (χ1v) is 15.0. The van der Waals surface area contributed by atoms with Gasteiger partial charge < -0.3 is 5.32 Å². The van der Waals surface area contributed by atoms with Crippen molar-refractivity contribution in [3.8, 4) is 0 Å². The number of nitrogens with one attached hydrogen (secondary N) is 2. The second-order valence-corrected chi connectivity index (χ2v) is 12.9. The van der Waals surface area contributed by atoms with E-state index in [0.717, 1.165) is 27.5 Å². The van der Waals surface area contributed by atoms with Gasteiger partial charge in [-0.1, -0.05) is 37.6 Å². The molecule has 1 amide bonds. The van der Waals surface area contributed by atoms with Crippen molar-refractivity contribution in [2.24, 2.45) is 0 Å². The number of carbonyl (C=O) groups excluding carboxylic acids is 1. The van der Waals surface area contributed by atoms with Gasteiger partial charge in [0.25, 0.3) is 5.91 Å². The fraction of sp³-hybridized carbons (Fsp3) is 0.192. The number of sulfonamides is 1. The molecule has 0 radical (unpaired) electrons. The van der Waals surface area contributed by atoms with E-state index in [0.29, 0.717) is 21.3 Å². The van der Waals surface area contributed by atoms with Crippen LogP contribution in [0.3, 0.4) is 0 Å². The molecule has 0 aliphatic carbocycles. The maximum Gasteiger partial charge on any atom is 0.265 e. The van der Waals surface area contributed by atoms with E-state index < -0.39 is 10.0 Å². The molecule has 0 aliphatic heterocycles. The number of carbonyl (C=O) groups is 1. The molecule has 4 rings (SSSR count). The highest BCUT2D eigenvalue weighted by atomic mass is 35.5. The molecule has 0 bridgehead atoms. The topological polar surface area (TPSA) is 75.3 Å². The van der Waals surface area contributed by atoms with Gasteiger partial charge in [0.05, 0.1) is 11.1 Å². The predicted molar refractivity (Wildman–Crippen MR) is 150 cm³/mol. The highest BCUT2D eigenvalue weighted by Gasteiger charge is 2.24. The first-order valence-electron chi connectivity index (χ1n) is 10.7. The zero-order valence-electron chi connectivity index (χ0n) is 19.7. The molecule has 0 spiro atoms. The number of benzene rings is 3. The molecule has 0 fully saturated rings. The number of hydrogen-bond acceptors (Lipinski definition) is 5. The van der Waals surface area contributed by atoms with Crippen LogP contribution in [-0.2, 0) is 15.4 Å². The van der Waals surface area contributed by atoms with Crippen LogP contribution < -0.4 is 10.0 Å². The Balaban J connectivity index is 1.59. The third-order valence-corrected chi connectivity index (χ3v) is 8.42. The van der Waals surface area contributed by atoms with Crippen LogP contribution in [0.25, 0.3) is 10.1 Å². The third kappa shape index (κ3) is 6.01. The van der Waals surface area contributed by atoms with Crippen LogP contribution in [0.15, 0.2) is 71.6 Å². The summed E-state index contributed by atoms with van der Waals surface area (Å²) in [5.41, 5.74) is 2.89. The molecule has 0 saturated heterocycles. The van der Waals surface area contributed by atoms with Crippen molar-refractivity contribution in [3.05, 3.63) is 87.8 Å². The van der Waals surface area contributed by atoms with E-state index in [-0.39, 0.29) is 11.3 Å². The normalized spacial score (nSPS) is 12.0. The van der Waals surface area contributed by atoms with E-state index >= 15 is 0 Å². The van der Waals surface area contributed by atoms with Gasteiger partial charge >= 0.3 is 0 Å². The molecule has 2 N–H and O–H groups in total. The number of rotatable bonds is 7. The number of anilines is 2. The molecule has 182 valence electrons. The fourth-order valence-corrected chi connectivity index (χ4v) is 5.96. The van der Waals surface area contributed by atoms with Crippen molar-refractivity contribution in [2.45, 2.75) is 24.2 Å². The zero-order valence-corrected chi connectivity index (χ0v) is 22.9. The Morgan fingerprint density at radius 3 is 2.31 bits per heavy atom. The Bertz CT molecular complexity index is 1510. The third-order valence-electron chi connectivity index (χ3n) is 5.73. The smallest absolute Gasteiger partial charge is 0.265 e. The van der Waals surface area contributed by atoms with E-state index in [1.807, 2.05) is 18.4 Å². The summed E-state index contributed by atoms with van der Waals surface area (Å²) in [5, 5.41) is 4.30. The minimum atomic E-state index is -3.38. The van der Waals surface area contributed by atoms with Gasteiger partial charge in [-0.15, -0.1) is 23.1 Å². The van der Waals surface area contributed by atoms with Crippen molar-refractivity contribution >= 4 is 72.1 Å². The van der Waals surface area contributed by atoms with E-state index in [1.165, 1.54) is 16.2 Å². The Morgan fingerprint density at radius 2 is 1.66 bits per heavy atom. The zero-order chi connectivity index (χ0) is 25.4. The lowest BCUT2D eigenvalue weighted by atomic mass is 9.78. The largest absolute Gasteiger partial charge is 0.321 e. The van der Waals surface area contributed by atoms with Crippen molar-refractivity contribution in [2.75, 3.05) is 22.6 Å². The molecule has 1 heterocycles. The molecule has 9 heteroatoms. The van der Waals surface area contributed by atoms with Crippen LogP contribution in [0.4, 0.5) is 11.4 Å². The van der Waals surface area contributed by atoms with Gasteiger partial charge in [-0.3, -0.25) is 9.52 Å². The standard InChI is InChI=1S/C26H25ClN2O3S3/c1-26(2,17-5-8-22(33-3)9-6-17)18-13-19(27)15-21(14-18)28-25(30)24-12-16-11-20(29-35(4,31)32)7-10-23(16)34-24/h5-15,29H,1-4H3,(H,28,30). The molecule has 1 aromatic heterocycles. The molecular formula is C26H25ClN2O3S3. The number of halogens is 1. The number of thiophene rings is 1. The maximum absolute atomic E-state index is 13.1. The highest BCUT2D eigenvalue weighted by Crippen LogP contribution is 2.36. The van der Waals surface area contributed by atoms with E-state index in [2.05, 4.69) is 48.2 Å². The minimum absolute atomic E-state index is 0.251. The molecule has 35 heavy (non-hydrogen) atoms. The summed E-state index contributed by atoms with van der Waals surface area (Å²) in [6.45, 7) is 4.26. The summed E-state index contributed by atoms with van der Waals surface area (Å²) in [5.74, 6) is -0.251. The summed E-state index contributed by atoms with van der Waals surface area (Å²) in [6.07, 6.45) is 3.15. The quantitative estimate of drug-likeness (QED) is 0.241. The molecular weight excluding hydrogens is 520 g/mol. The monoisotopic (exact) mass is 544 g/mol. The van der Waals surface area contributed by atoms with E-state index in [4.69, 9.17) is 11.6 Å². The van der Waals surface area contributed by atoms with Crippen LogP contribution >= 0.6 is 34.7 Å². The second kappa shape index (κ2) is 9.85. The number of amides is 1. The Kier molecular flexibility index (Phi) is 7.20. The number of fused-ring (bicyclic) bond motifs is 1. The summed E-state index contributed by atoms with van der Waals surface area (Å²) in [7, 11) is -3.38. The fourth-order valence-electron chi connectivity index (χ4n) is 3.82. The molecule has 0 saturated carbocycles. The van der Waals surface area contributed by atoms with Gasteiger partial charge in [0.1, 0.15) is 0 Å². The Labute approximate surface area is 219 Å². The van der Waals surface area contributed by atoms with Gasteiger partial charge in [0.2, 0.25) is 10.0 Å². The van der Waals surface area contributed by atoms with Crippen LogP contribution in [0.1, 0.15) is 34.6 Å². The van der Waals surface area contributed by atoms with Crippen LogP contribution in [0.5, 0.6) is 0 Å². The van der Waals surface area contributed by atoms with Gasteiger partial charge in [-0.25, -0.2) is 8.42 Å².